The average molecular weight is 310 g/mol. The lowest BCUT2D eigenvalue weighted by Crippen LogP contribution is -2.40. The van der Waals surface area contributed by atoms with Gasteiger partial charge in [0.2, 0.25) is 5.91 Å². The second-order valence-electron chi connectivity index (χ2n) is 6.83. The molecule has 0 radical (unpaired) electrons. The van der Waals surface area contributed by atoms with Crippen molar-refractivity contribution in [1.29, 1.82) is 0 Å². The monoisotopic (exact) mass is 310 g/mol. The van der Waals surface area contributed by atoms with Crippen LogP contribution in [0.5, 0.6) is 0 Å². The van der Waals surface area contributed by atoms with Crippen molar-refractivity contribution < 1.29 is 4.79 Å². The van der Waals surface area contributed by atoms with Crippen LogP contribution in [0.2, 0.25) is 0 Å². The fourth-order valence-electron chi connectivity index (χ4n) is 3.73. The summed E-state index contributed by atoms with van der Waals surface area (Å²) in [5.41, 5.74) is 3.38. The van der Waals surface area contributed by atoms with E-state index in [1.54, 1.807) is 6.20 Å². The first kappa shape index (κ1) is 14.4. The summed E-state index contributed by atoms with van der Waals surface area (Å²) in [6.07, 6.45) is 6.82. The summed E-state index contributed by atoms with van der Waals surface area (Å²) < 4.78 is 0. The Morgan fingerprint density at radius 2 is 2.35 bits per heavy atom. The second-order valence-corrected chi connectivity index (χ2v) is 6.83. The van der Waals surface area contributed by atoms with Crippen LogP contribution >= 0.6 is 0 Å². The summed E-state index contributed by atoms with van der Waals surface area (Å²) in [6.45, 7) is 3.71. The van der Waals surface area contributed by atoms with Crippen molar-refractivity contribution in [3.05, 3.63) is 47.5 Å². The first-order valence-electron chi connectivity index (χ1n) is 8.43. The topological polar surface area (TPSA) is 61.9 Å². The Labute approximate surface area is 136 Å². The minimum Gasteiger partial charge on any atom is -0.342 e. The Balaban J connectivity index is 1.41. The number of aryl methyl sites for hydroxylation is 1. The number of rotatable bonds is 3. The minimum absolute atomic E-state index is 0.152. The molecule has 0 aromatic carbocycles. The Kier molecular flexibility index (Phi) is 3.63. The number of carbonyl (C=O) groups is 1. The summed E-state index contributed by atoms with van der Waals surface area (Å²) in [7, 11) is 0. The van der Waals surface area contributed by atoms with Crippen molar-refractivity contribution in [3.8, 4) is 0 Å². The van der Waals surface area contributed by atoms with Crippen molar-refractivity contribution in [1.82, 2.24) is 20.1 Å². The van der Waals surface area contributed by atoms with Crippen LogP contribution in [0.15, 0.2) is 30.6 Å². The molecule has 1 aliphatic heterocycles. The number of amides is 1. The van der Waals surface area contributed by atoms with Gasteiger partial charge in [-0.05, 0) is 49.8 Å². The number of piperidine rings is 1. The minimum atomic E-state index is 0.152. The van der Waals surface area contributed by atoms with E-state index in [0.717, 1.165) is 43.7 Å². The van der Waals surface area contributed by atoms with E-state index in [9.17, 15) is 4.79 Å². The Bertz CT molecular complexity index is 696. The van der Waals surface area contributed by atoms with E-state index in [0.29, 0.717) is 17.7 Å². The van der Waals surface area contributed by atoms with E-state index in [1.165, 1.54) is 5.56 Å². The van der Waals surface area contributed by atoms with E-state index < -0.39 is 0 Å². The summed E-state index contributed by atoms with van der Waals surface area (Å²) in [5.74, 6) is 1.20. The van der Waals surface area contributed by atoms with Gasteiger partial charge in [-0.25, -0.2) is 0 Å². The highest BCUT2D eigenvalue weighted by Crippen LogP contribution is 2.48. The van der Waals surface area contributed by atoms with Crippen LogP contribution in [0.4, 0.5) is 0 Å². The smallest absolute Gasteiger partial charge is 0.226 e. The molecule has 2 aromatic heterocycles. The lowest BCUT2D eigenvalue weighted by Gasteiger charge is -2.32. The highest BCUT2D eigenvalue weighted by molar-refractivity contribution is 5.83. The molecule has 23 heavy (non-hydrogen) atoms. The summed E-state index contributed by atoms with van der Waals surface area (Å²) in [5, 5.41) is 7.40. The molecule has 2 aromatic rings. The van der Waals surface area contributed by atoms with Gasteiger partial charge in [0.05, 0.1) is 5.69 Å². The number of aromatic amines is 1. The maximum Gasteiger partial charge on any atom is 0.226 e. The number of carbonyl (C=O) groups excluding carboxylic acids is 1. The molecule has 0 spiro atoms. The first-order valence-corrected chi connectivity index (χ1v) is 8.43. The number of hydrogen-bond acceptors (Lipinski definition) is 3. The van der Waals surface area contributed by atoms with Crippen LogP contribution < -0.4 is 0 Å². The van der Waals surface area contributed by atoms with E-state index in [1.807, 2.05) is 19.2 Å². The molecule has 1 aliphatic carbocycles. The Hall–Kier alpha value is -2.17. The third-order valence-electron chi connectivity index (χ3n) is 5.10. The normalized spacial score (nSPS) is 27.0. The van der Waals surface area contributed by atoms with Gasteiger partial charge >= 0.3 is 0 Å². The van der Waals surface area contributed by atoms with Gasteiger partial charge in [0.15, 0.2) is 0 Å². The molecular formula is C18H22N4O. The van der Waals surface area contributed by atoms with Gasteiger partial charge in [-0.1, -0.05) is 6.07 Å². The van der Waals surface area contributed by atoms with Gasteiger partial charge in [0.1, 0.15) is 0 Å². The van der Waals surface area contributed by atoms with Crippen molar-refractivity contribution in [2.24, 2.45) is 5.92 Å². The Morgan fingerprint density at radius 1 is 1.43 bits per heavy atom. The quantitative estimate of drug-likeness (QED) is 0.948. The predicted molar refractivity (Wildman–Crippen MR) is 87.0 cm³/mol. The zero-order valence-electron chi connectivity index (χ0n) is 13.4. The largest absolute Gasteiger partial charge is 0.342 e. The van der Waals surface area contributed by atoms with Gasteiger partial charge in [-0.15, -0.1) is 0 Å². The van der Waals surface area contributed by atoms with Gasteiger partial charge in [-0.3, -0.25) is 14.9 Å². The zero-order valence-corrected chi connectivity index (χ0v) is 13.4. The van der Waals surface area contributed by atoms with Crippen molar-refractivity contribution in [2.45, 2.75) is 38.0 Å². The van der Waals surface area contributed by atoms with Crippen LogP contribution in [0.25, 0.3) is 0 Å². The molecular weight excluding hydrogens is 288 g/mol. The SMILES string of the molecule is Cc1cc([C@@H]2CCCN(C(=O)[C@@H]3C[C@@H]3c3cccnc3)C2)n[nH]1. The number of hydrogen-bond donors (Lipinski definition) is 1. The van der Waals surface area contributed by atoms with Crippen LogP contribution in [-0.4, -0.2) is 39.1 Å². The number of nitrogens with zero attached hydrogens (tertiary/aromatic N) is 3. The molecule has 3 heterocycles. The second kappa shape index (κ2) is 5.80. The first-order chi connectivity index (χ1) is 11.2. The van der Waals surface area contributed by atoms with E-state index in [4.69, 9.17) is 0 Å². The standard InChI is InChI=1S/C18H22N4O/c1-12-8-17(21-20-12)14-5-3-7-22(11-14)18(23)16-9-15(16)13-4-2-6-19-10-13/h2,4,6,8,10,14-16H,3,5,7,9,11H2,1H3,(H,20,21)/t14-,15-,16-/m1/s1. The number of H-pyrrole nitrogens is 1. The summed E-state index contributed by atoms with van der Waals surface area (Å²) in [6, 6.07) is 6.14. The van der Waals surface area contributed by atoms with Crippen LogP contribution in [0, 0.1) is 12.8 Å². The van der Waals surface area contributed by atoms with Crippen LogP contribution in [-0.2, 0) is 4.79 Å². The number of nitrogens with one attached hydrogen (secondary N) is 1. The van der Waals surface area contributed by atoms with Gasteiger partial charge < -0.3 is 4.90 Å². The third-order valence-corrected chi connectivity index (χ3v) is 5.10. The van der Waals surface area contributed by atoms with E-state index >= 15 is 0 Å². The molecule has 1 saturated heterocycles. The Morgan fingerprint density at radius 3 is 3.09 bits per heavy atom. The van der Waals surface area contributed by atoms with Crippen molar-refractivity contribution in [2.75, 3.05) is 13.1 Å². The molecule has 4 rings (SSSR count). The molecule has 1 saturated carbocycles. The van der Waals surface area contributed by atoms with Gasteiger partial charge in [0, 0.05) is 43.0 Å². The molecule has 1 N–H and O–H groups in total. The highest BCUT2D eigenvalue weighted by Gasteiger charge is 2.46. The third kappa shape index (κ3) is 2.87. The summed E-state index contributed by atoms with van der Waals surface area (Å²) in [4.78, 5) is 19.0. The maximum absolute atomic E-state index is 12.8. The van der Waals surface area contributed by atoms with Crippen LogP contribution in [0.1, 0.15) is 48.0 Å². The fourth-order valence-corrected chi connectivity index (χ4v) is 3.73. The molecule has 2 aliphatic rings. The van der Waals surface area contributed by atoms with Gasteiger partial charge in [0.25, 0.3) is 0 Å². The van der Waals surface area contributed by atoms with Crippen LogP contribution in [0.3, 0.4) is 0 Å². The highest BCUT2D eigenvalue weighted by atomic mass is 16.2. The molecule has 5 nitrogen and oxygen atoms in total. The zero-order chi connectivity index (χ0) is 15.8. The number of likely N-dealkylation sites (tertiary alicyclic amines) is 1. The molecule has 0 bridgehead atoms. The summed E-state index contributed by atoms with van der Waals surface area (Å²) >= 11 is 0. The molecule has 3 atom stereocenters. The molecule has 0 unspecified atom stereocenters. The number of aromatic nitrogens is 3. The fraction of sp³-hybridized carbons (Fsp3) is 0.500. The van der Waals surface area contributed by atoms with E-state index in [-0.39, 0.29) is 5.92 Å². The van der Waals surface area contributed by atoms with E-state index in [2.05, 4.69) is 32.2 Å². The predicted octanol–water partition coefficient (Wildman–Crippen LogP) is 2.62. The van der Waals surface area contributed by atoms with Gasteiger partial charge in [-0.2, -0.15) is 5.10 Å². The lowest BCUT2D eigenvalue weighted by molar-refractivity contribution is -0.133. The average Bonchev–Trinajstić information content (AvgIpc) is 3.29. The van der Waals surface area contributed by atoms with Crippen molar-refractivity contribution >= 4 is 5.91 Å². The van der Waals surface area contributed by atoms with Crippen molar-refractivity contribution in [3.63, 3.8) is 0 Å². The molecule has 5 heteroatoms. The number of pyridine rings is 1. The molecule has 120 valence electrons. The lowest BCUT2D eigenvalue weighted by atomic mass is 9.94. The molecule has 2 fully saturated rings. The molecule has 1 amide bonds. The maximum atomic E-state index is 12.8.